The van der Waals surface area contributed by atoms with Gasteiger partial charge in [0.05, 0.1) is 24.9 Å². The van der Waals surface area contributed by atoms with E-state index in [1.54, 1.807) is 69.2 Å². The number of nitrogens with zero attached hydrogens (tertiary/aromatic N) is 1. The number of aliphatic hydroxyl groups excluding tert-OH is 3. The lowest BCUT2D eigenvalue weighted by Crippen LogP contribution is -2.62. The highest BCUT2D eigenvalue weighted by atomic mass is 16.6. The highest BCUT2D eigenvalue weighted by Gasteiger charge is 2.42. The molecule has 0 aromatic carbocycles. The largest absolute Gasteiger partial charge is 0.458 e. The van der Waals surface area contributed by atoms with Crippen molar-refractivity contribution in [2.24, 2.45) is 29.2 Å². The van der Waals surface area contributed by atoms with Crippen LogP contribution in [0.5, 0.6) is 0 Å². The standard InChI is InChI=1S/C53H95N11O16/c1-27(2)24-34(44(71)61-39(29(5)6)47(74)62-40(30(7)66)48(75)59-35(25-28(3)4)50(77)79-52(9,10)11)58-46(73)37-19-17-23-64(37)49(76)41(31(8)67)63-43(70)33(20-21-38(55)68)57-45(72)36(26-65)60-42(69)32(54)18-15-16-22-56-51(78)80-53(12,13)14/h27-37,39-41,65-67H,15-26,54H2,1-14H3,(H2,55,68)(H,56,78)(H,57,72)(H,58,73)(H,59,75)(H,60,69)(H,61,71)(H,62,74)(H,63,70)/t30-,31-,32+,33+,34+,35+,36+,37+,39+,40+,41+/m1/s1. The van der Waals surface area contributed by atoms with Gasteiger partial charge in [0.2, 0.25) is 53.2 Å². The lowest BCUT2D eigenvalue weighted by Gasteiger charge is -2.32. The van der Waals surface area contributed by atoms with Crippen molar-refractivity contribution in [1.82, 2.24) is 47.4 Å². The molecule has 27 nitrogen and oxygen atoms in total. The lowest BCUT2D eigenvalue weighted by molar-refractivity contribution is -0.159. The molecule has 0 radical (unpaired) electrons. The van der Waals surface area contributed by atoms with Gasteiger partial charge in [0.25, 0.3) is 0 Å². The molecule has 10 amide bonds. The minimum Gasteiger partial charge on any atom is -0.458 e. The number of unbranched alkanes of at least 4 members (excludes halogenated alkanes) is 1. The summed E-state index contributed by atoms with van der Waals surface area (Å²) in [6.07, 6.45) is -2.96. The minimum absolute atomic E-state index is 0.0223. The van der Waals surface area contributed by atoms with Crippen LogP contribution in [-0.2, 0) is 57.4 Å². The van der Waals surface area contributed by atoms with Crippen molar-refractivity contribution in [1.29, 1.82) is 0 Å². The van der Waals surface area contributed by atoms with Gasteiger partial charge >= 0.3 is 12.1 Å². The second kappa shape index (κ2) is 33.5. The van der Waals surface area contributed by atoms with Gasteiger partial charge in [-0.05, 0) is 125 Å². The van der Waals surface area contributed by atoms with E-state index in [-0.39, 0.29) is 57.0 Å². The van der Waals surface area contributed by atoms with Crippen LogP contribution in [0.2, 0.25) is 0 Å². The molecule has 1 aliphatic heterocycles. The van der Waals surface area contributed by atoms with Crippen LogP contribution in [0.1, 0.15) is 155 Å². The number of amides is 10. The van der Waals surface area contributed by atoms with Gasteiger partial charge < -0.3 is 83.7 Å². The van der Waals surface area contributed by atoms with E-state index in [0.29, 0.717) is 12.8 Å². The number of carbonyl (C=O) groups excluding carboxylic acids is 11. The summed E-state index contributed by atoms with van der Waals surface area (Å²) in [6.45, 7) is 22.4. The SMILES string of the molecule is CC(C)C[C@H](NC(=O)[C@@H]1CCCN1C(=O)[C@@H](NC(=O)[C@H](CCC(N)=O)NC(=O)[C@H](CO)NC(=O)[C@@H](N)CCCCNC(=O)OC(C)(C)C)[C@@H](C)O)C(=O)N[C@H](C(=O)N[C@H](C(=O)N[C@@H](CC(C)C)C(=O)OC(C)(C)C)[C@@H](C)O)C(C)C. The number of primary amides is 1. The van der Waals surface area contributed by atoms with Crippen molar-refractivity contribution in [3.8, 4) is 0 Å². The number of hydrogen-bond acceptors (Lipinski definition) is 17. The third-order valence-electron chi connectivity index (χ3n) is 12.3. The summed E-state index contributed by atoms with van der Waals surface area (Å²) in [5.41, 5.74) is 9.83. The topological polar surface area (TPSA) is 418 Å². The van der Waals surface area contributed by atoms with Crippen molar-refractivity contribution in [3.63, 3.8) is 0 Å². The fourth-order valence-electron chi connectivity index (χ4n) is 8.28. The molecule has 0 saturated carbocycles. The maximum absolute atomic E-state index is 14.3. The van der Waals surface area contributed by atoms with Gasteiger partial charge in [-0.25, -0.2) is 9.59 Å². The predicted molar refractivity (Wildman–Crippen MR) is 293 cm³/mol. The average Bonchev–Trinajstić information content (AvgIpc) is 3.82. The molecule has 0 bridgehead atoms. The highest BCUT2D eigenvalue weighted by Crippen LogP contribution is 2.21. The Hall–Kier alpha value is -6.19. The molecule has 27 heteroatoms. The molecule has 458 valence electrons. The number of rotatable bonds is 32. The van der Waals surface area contributed by atoms with Gasteiger partial charge in [0.15, 0.2) is 0 Å². The van der Waals surface area contributed by atoms with Gasteiger partial charge in [-0.1, -0.05) is 41.5 Å². The molecule has 1 saturated heterocycles. The van der Waals surface area contributed by atoms with Crippen molar-refractivity contribution in [2.45, 2.75) is 233 Å². The summed E-state index contributed by atoms with van der Waals surface area (Å²) < 4.78 is 10.7. The summed E-state index contributed by atoms with van der Waals surface area (Å²) in [6, 6.07) is -12.6. The van der Waals surface area contributed by atoms with Crippen LogP contribution in [0.25, 0.3) is 0 Å². The van der Waals surface area contributed by atoms with E-state index >= 15 is 0 Å². The number of esters is 1. The highest BCUT2D eigenvalue weighted by molar-refractivity contribution is 5.98. The van der Waals surface area contributed by atoms with E-state index < -0.39 is 168 Å². The number of ether oxygens (including phenoxy) is 2. The second-order valence-corrected chi connectivity index (χ2v) is 23.6. The monoisotopic (exact) mass is 1140 g/mol. The van der Waals surface area contributed by atoms with E-state index in [0.717, 1.165) is 4.90 Å². The third kappa shape index (κ3) is 26.4. The number of nitrogens with two attached hydrogens (primary N) is 2. The van der Waals surface area contributed by atoms with E-state index in [9.17, 15) is 68.1 Å². The van der Waals surface area contributed by atoms with Crippen molar-refractivity contribution >= 4 is 65.2 Å². The molecule has 0 aliphatic carbocycles. The molecule has 1 heterocycles. The van der Waals surface area contributed by atoms with Crippen molar-refractivity contribution in [3.05, 3.63) is 0 Å². The van der Waals surface area contributed by atoms with Crippen molar-refractivity contribution < 1.29 is 77.5 Å². The zero-order chi connectivity index (χ0) is 61.6. The Balaban J connectivity index is 3.24. The molecular formula is C53H95N11O16. The van der Waals surface area contributed by atoms with Gasteiger partial charge in [-0.2, -0.15) is 0 Å². The Kier molecular flexibility index (Phi) is 30.1. The minimum atomic E-state index is -1.74. The molecule has 1 rings (SSSR count). The molecule has 15 N–H and O–H groups in total. The number of hydrogen-bond donors (Lipinski definition) is 13. The summed E-state index contributed by atoms with van der Waals surface area (Å²) in [7, 11) is 0. The first kappa shape index (κ1) is 71.8. The van der Waals surface area contributed by atoms with Gasteiger partial charge in [-0.15, -0.1) is 0 Å². The summed E-state index contributed by atoms with van der Waals surface area (Å²) in [5.74, 6) is -9.62. The number of carbonyl (C=O) groups is 11. The van der Waals surface area contributed by atoms with Gasteiger partial charge in [0.1, 0.15) is 59.5 Å². The van der Waals surface area contributed by atoms with E-state index in [2.05, 4.69) is 42.5 Å². The Morgan fingerprint density at radius 3 is 1.59 bits per heavy atom. The number of likely N-dealkylation sites (tertiary alicyclic amines) is 1. The zero-order valence-electron chi connectivity index (χ0n) is 49.3. The van der Waals surface area contributed by atoms with E-state index in [1.165, 1.54) is 13.8 Å². The van der Waals surface area contributed by atoms with Crippen LogP contribution in [0.3, 0.4) is 0 Å². The zero-order valence-corrected chi connectivity index (χ0v) is 49.3. The Bertz CT molecular complexity index is 2110. The fraction of sp³-hybridized carbons (Fsp3) is 0.792. The molecule has 80 heavy (non-hydrogen) atoms. The van der Waals surface area contributed by atoms with E-state index in [1.807, 2.05) is 13.8 Å². The number of nitrogens with one attached hydrogen (secondary N) is 8. The third-order valence-corrected chi connectivity index (χ3v) is 12.3. The summed E-state index contributed by atoms with van der Waals surface area (Å²) in [5, 5.41) is 51.7. The molecule has 0 unspecified atom stereocenters. The first-order valence-corrected chi connectivity index (χ1v) is 27.5. The second-order valence-electron chi connectivity index (χ2n) is 23.6. The molecule has 1 fully saturated rings. The predicted octanol–water partition coefficient (Wildman–Crippen LogP) is -1.50. The van der Waals surface area contributed by atoms with Gasteiger partial charge in [0, 0.05) is 19.5 Å². The summed E-state index contributed by atoms with van der Waals surface area (Å²) >= 11 is 0. The molecular weight excluding hydrogens is 1050 g/mol. The Morgan fingerprint density at radius 2 is 1.07 bits per heavy atom. The van der Waals surface area contributed by atoms with Crippen LogP contribution >= 0.6 is 0 Å². The van der Waals surface area contributed by atoms with Crippen LogP contribution in [0, 0.1) is 17.8 Å². The lowest BCUT2D eigenvalue weighted by atomic mass is 9.98. The molecule has 11 atom stereocenters. The maximum Gasteiger partial charge on any atom is 0.407 e. The number of alkyl carbamates (subject to hydrolysis) is 1. The van der Waals surface area contributed by atoms with Crippen LogP contribution in [0.4, 0.5) is 4.79 Å². The van der Waals surface area contributed by atoms with Crippen molar-refractivity contribution in [2.75, 3.05) is 19.7 Å². The van der Waals surface area contributed by atoms with Crippen LogP contribution in [-0.4, -0.2) is 183 Å². The van der Waals surface area contributed by atoms with Crippen LogP contribution in [0.15, 0.2) is 0 Å². The van der Waals surface area contributed by atoms with Crippen LogP contribution < -0.4 is 54.0 Å². The van der Waals surface area contributed by atoms with Gasteiger partial charge in [-0.3, -0.25) is 43.2 Å². The fourth-order valence-corrected chi connectivity index (χ4v) is 8.28. The van der Waals surface area contributed by atoms with E-state index in [4.69, 9.17) is 20.9 Å². The normalized spacial score (nSPS) is 17.5. The molecule has 0 aromatic rings. The average molecular weight is 1140 g/mol. The first-order valence-electron chi connectivity index (χ1n) is 27.5. The molecule has 0 spiro atoms. The molecule has 1 aliphatic rings. The molecule has 0 aromatic heterocycles. The first-order chi connectivity index (χ1) is 36.9. The quantitative estimate of drug-likeness (QED) is 0.0269. The Labute approximate surface area is 470 Å². The summed E-state index contributed by atoms with van der Waals surface area (Å²) in [4.78, 5) is 148. The number of aliphatic hydroxyl groups is 3. The maximum atomic E-state index is 14.3. The Morgan fingerprint density at radius 1 is 0.588 bits per heavy atom. The smallest absolute Gasteiger partial charge is 0.407 e.